The average molecular weight is 450 g/mol. The van der Waals surface area contributed by atoms with E-state index in [-0.39, 0.29) is 17.4 Å². The number of nitrogens with zero attached hydrogens (tertiary/aromatic N) is 1. The van der Waals surface area contributed by atoms with Crippen LogP contribution in [0.15, 0.2) is 48.0 Å². The molecule has 4 rings (SSSR count). The Kier molecular flexibility index (Phi) is 6.56. The SMILES string of the molecule is COCCCN1C(=O)C(=O)/C(=C(/O)c2ccc3c(c2)CC(C)O3)C1c1ccc(C(C)C)cc1. The highest BCUT2D eigenvalue weighted by atomic mass is 16.5. The zero-order chi connectivity index (χ0) is 23.7. The van der Waals surface area contributed by atoms with E-state index in [0.717, 1.165) is 23.3 Å². The molecule has 174 valence electrons. The number of aliphatic hydroxyl groups excluding tert-OH is 1. The fraction of sp³-hybridized carbons (Fsp3) is 0.407. The van der Waals surface area contributed by atoms with Crippen molar-refractivity contribution in [3.8, 4) is 5.75 Å². The van der Waals surface area contributed by atoms with Crippen LogP contribution in [0.2, 0.25) is 0 Å². The summed E-state index contributed by atoms with van der Waals surface area (Å²) >= 11 is 0. The summed E-state index contributed by atoms with van der Waals surface area (Å²) in [7, 11) is 1.61. The van der Waals surface area contributed by atoms with Crippen LogP contribution in [-0.4, -0.2) is 48.1 Å². The van der Waals surface area contributed by atoms with Gasteiger partial charge in [-0.05, 0) is 54.2 Å². The molecule has 33 heavy (non-hydrogen) atoms. The lowest BCUT2D eigenvalue weighted by Crippen LogP contribution is -2.31. The van der Waals surface area contributed by atoms with Crippen LogP contribution in [0.3, 0.4) is 0 Å². The van der Waals surface area contributed by atoms with Gasteiger partial charge in [0.2, 0.25) is 0 Å². The normalized spacial score (nSPS) is 21.5. The van der Waals surface area contributed by atoms with Crippen molar-refractivity contribution >= 4 is 17.4 Å². The molecule has 1 fully saturated rings. The monoisotopic (exact) mass is 449 g/mol. The molecule has 0 radical (unpaired) electrons. The van der Waals surface area contributed by atoms with Crippen LogP contribution >= 0.6 is 0 Å². The van der Waals surface area contributed by atoms with E-state index in [2.05, 4.69) is 13.8 Å². The van der Waals surface area contributed by atoms with E-state index in [9.17, 15) is 14.7 Å². The molecular weight excluding hydrogens is 418 g/mol. The van der Waals surface area contributed by atoms with E-state index in [1.165, 1.54) is 5.56 Å². The molecule has 0 aliphatic carbocycles. The van der Waals surface area contributed by atoms with Crippen molar-refractivity contribution in [2.24, 2.45) is 0 Å². The standard InChI is InChI=1S/C27H31NO5/c1-16(2)18-6-8-19(9-7-18)24-23(26(30)27(31)28(24)12-5-13-32-4)25(29)20-10-11-22-21(15-20)14-17(3)33-22/h6-11,15-17,24,29H,5,12-14H2,1-4H3/b25-23+. The van der Waals surface area contributed by atoms with Crippen molar-refractivity contribution in [1.29, 1.82) is 0 Å². The predicted octanol–water partition coefficient (Wildman–Crippen LogP) is 4.59. The third kappa shape index (κ3) is 4.40. The van der Waals surface area contributed by atoms with E-state index < -0.39 is 17.7 Å². The minimum absolute atomic E-state index is 0.0724. The number of carbonyl (C=O) groups is 2. The third-order valence-corrected chi connectivity index (χ3v) is 6.38. The third-order valence-electron chi connectivity index (χ3n) is 6.38. The maximum atomic E-state index is 13.1. The summed E-state index contributed by atoms with van der Waals surface area (Å²) in [5, 5.41) is 11.3. The van der Waals surface area contributed by atoms with Gasteiger partial charge in [-0.3, -0.25) is 9.59 Å². The highest BCUT2D eigenvalue weighted by molar-refractivity contribution is 6.46. The molecule has 2 aromatic rings. The van der Waals surface area contributed by atoms with E-state index in [0.29, 0.717) is 31.1 Å². The number of likely N-dealkylation sites (tertiary alicyclic amines) is 1. The van der Waals surface area contributed by atoms with Crippen LogP contribution in [0.1, 0.15) is 61.4 Å². The first-order chi connectivity index (χ1) is 15.8. The van der Waals surface area contributed by atoms with Crippen LogP contribution in [0.4, 0.5) is 0 Å². The van der Waals surface area contributed by atoms with Crippen LogP contribution in [0.5, 0.6) is 5.75 Å². The topological polar surface area (TPSA) is 76.1 Å². The van der Waals surface area contributed by atoms with Crippen molar-refractivity contribution in [3.63, 3.8) is 0 Å². The minimum atomic E-state index is -0.659. The number of carbonyl (C=O) groups excluding carboxylic acids is 2. The van der Waals surface area contributed by atoms with E-state index in [1.807, 2.05) is 43.3 Å². The predicted molar refractivity (Wildman–Crippen MR) is 126 cm³/mol. The lowest BCUT2D eigenvalue weighted by molar-refractivity contribution is -0.140. The Morgan fingerprint density at radius 1 is 1.18 bits per heavy atom. The number of amides is 1. The van der Waals surface area contributed by atoms with Gasteiger partial charge in [0, 0.05) is 32.2 Å². The van der Waals surface area contributed by atoms with Gasteiger partial charge in [0.25, 0.3) is 11.7 Å². The quantitative estimate of drug-likeness (QED) is 0.290. The number of methoxy groups -OCH3 is 1. The zero-order valence-electron chi connectivity index (χ0n) is 19.6. The number of benzene rings is 2. The highest BCUT2D eigenvalue weighted by Crippen LogP contribution is 2.41. The van der Waals surface area contributed by atoms with Gasteiger partial charge in [-0.2, -0.15) is 0 Å². The number of ketones is 1. The van der Waals surface area contributed by atoms with Crippen molar-refractivity contribution in [2.45, 2.75) is 51.7 Å². The largest absolute Gasteiger partial charge is 0.507 e. The van der Waals surface area contributed by atoms with Gasteiger partial charge >= 0.3 is 0 Å². The van der Waals surface area contributed by atoms with E-state index in [1.54, 1.807) is 18.1 Å². The van der Waals surface area contributed by atoms with Crippen LogP contribution in [0, 0.1) is 0 Å². The molecule has 1 saturated heterocycles. The lowest BCUT2D eigenvalue weighted by Gasteiger charge is -2.25. The summed E-state index contributed by atoms with van der Waals surface area (Å²) in [6, 6.07) is 12.7. The van der Waals surface area contributed by atoms with Gasteiger partial charge in [-0.1, -0.05) is 38.1 Å². The molecule has 2 aliphatic heterocycles. The molecule has 0 bridgehead atoms. The maximum Gasteiger partial charge on any atom is 0.295 e. The van der Waals surface area contributed by atoms with Crippen LogP contribution in [-0.2, 0) is 20.7 Å². The molecule has 2 aliphatic rings. The first-order valence-corrected chi connectivity index (χ1v) is 11.5. The molecule has 1 amide bonds. The Morgan fingerprint density at radius 2 is 1.91 bits per heavy atom. The van der Waals surface area contributed by atoms with Crippen molar-refractivity contribution in [2.75, 3.05) is 20.3 Å². The number of ether oxygens (including phenoxy) is 2. The van der Waals surface area contributed by atoms with Crippen LogP contribution in [0.25, 0.3) is 5.76 Å². The van der Waals surface area contributed by atoms with Gasteiger partial charge in [0.05, 0.1) is 11.6 Å². The molecule has 2 heterocycles. The maximum absolute atomic E-state index is 13.1. The summed E-state index contributed by atoms with van der Waals surface area (Å²) in [6.45, 7) is 7.06. The second-order valence-corrected chi connectivity index (χ2v) is 9.12. The fourth-order valence-electron chi connectivity index (χ4n) is 4.62. The van der Waals surface area contributed by atoms with Crippen molar-refractivity contribution < 1.29 is 24.2 Å². The van der Waals surface area contributed by atoms with E-state index in [4.69, 9.17) is 9.47 Å². The summed E-state index contributed by atoms with van der Waals surface area (Å²) in [5.41, 5.74) is 3.60. The van der Waals surface area contributed by atoms with Crippen molar-refractivity contribution in [1.82, 2.24) is 4.90 Å². The Hall–Kier alpha value is -3.12. The molecule has 0 aromatic heterocycles. The number of Topliss-reactive ketones (excluding diaryl/α,β-unsaturated/α-hetero) is 1. The summed E-state index contributed by atoms with van der Waals surface area (Å²) in [6.07, 6.45) is 1.41. The Balaban J connectivity index is 1.79. The minimum Gasteiger partial charge on any atom is -0.507 e. The van der Waals surface area contributed by atoms with Crippen LogP contribution < -0.4 is 4.74 Å². The van der Waals surface area contributed by atoms with Gasteiger partial charge in [0.15, 0.2) is 0 Å². The Labute approximate surface area is 194 Å². The second-order valence-electron chi connectivity index (χ2n) is 9.12. The molecule has 0 spiro atoms. The first-order valence-electron chi connectivity index (χ1n) is 11.5. The van der Waals surface area contributed by atoms with Gasteiger partial charge in [-0.25, -0.2) is 0 Å². The van der Waals surface area contributed by atoms with E-state index >= 15 is 0 Å². The molecule has 2 aromatic carbocycles. The van der Waals surface area contributed by atoms with Gasteiger partial charge in [0.1, 0.15) is 17.6 Å². The molecule has 0 saturated carbocycles. The Bertz CT molecular complexity index is 1090. The highest BCUT2D eigenvalue weighted by Gasteiger charge is 2.45. The summed E-state index contributed by atoms with van der Waals surface area (Å²) in [5.74, 6) is -0.248. The number of hydrogen-bond acceptors (Lipinski definition) is 5. The second kappa shape index (κ2) is 9.40. The molecule has 6 nitrogen and oxygen atoms in total. The molecule has 1 N–H and O–H groups in total. The molecule has 6 heteroatoms. The molecular formula is C27H31NO5. The molecule has 2 unspecified atom stereocenters. The summed E-state index contributed by atoms with van der Waals surface area (Å²) in [4.78, 5) is 27.7. The summed E-state index contributed by atoms with van der Waals surface area (Å²) < 4.78 is 10.9. The number of rotatable bonds is 7. The zero-order valence-corrected chi connectivity index (χ0v) is 19.6. The first kappa shape index (κ1) is 23.1. The number of aliphatic hydroxyl groups is 1. The van der Waals surface area contributed by atoms with Crippen molar-refractivity contribution in [3.05, 3.63) is 70.3 Å². The Morgan fingerprint density at radius 3 is 2.58 bits per heavy atom. The van der Waals surface area contributed by atoms with Gasteiger partial charge in [-0.15, -0.1) is 0 Å². The number of hydrogen-bond donors (Lipinski definition) is 1. The lowest BCUT2D eigenvalue weighted by atomic mass is 9.92. The smallest absolute Gasteiger partial charge is 0.295 e. The molecule has 2 atom stereocenters. The number of fused-ring (bicyclic) bond motifs is 1. The van der Waals surface area contributed by atoms with Gasteiger partial charge < -0.3 is 19.5 Å². The fourth-order valence-corrected chi connectivity index (χ4v) is 4.62. The average Bonchev–Trinajstić information content (AvgIpc) is 3.29.